The van der Waals surface area contributed by atoms with E-state index in [1.165, 1.54) is 24.6 Å². The summed E-state index contributed by atoms with van der Waals surface area (Å²) in [5.41, 5.74) is 9.00. The zero-order valence-electron chi connectivity index (χ0n) is 17.3. The molecule has 0 fully saturated rings. The van der Waals surface area contributed by atoms with Crippen LogP contribution in [0.1, 0.15) is 41.9 Å². The van der Waals surface area contributed by atoms with E-state index in [2.05, 4.69) is 29.4 Å². The van der Waals surface area contributed by atoms with Gasteiger partial charge in [0.25, 0.3) is 5.91 Å². The molecule has 1 aromatic heterocycles. The lowest BCUT2D eigenvalue weighted by molar-refractivity contribution is -0.114. The van der Waals surface area contributed by atoms with Crippen molar-refractivity contribution in [3.05, 3.63) is 65.1 Å². The molecular formula is C23H27FN4O2. The normalized spacial score (nSPS) is 10.9. The minimum absolute atomic E-state index is 0.231. The van der Waals surface area contributed by atoms with Crippen molar-refractivity contribution in [1.82, 2.24) is 9.88 Å². The zero-order chi connectivity index (χ0) is 21.7. The highest BCUT2D eigenvalue weighted by molar-refractivity contribution is 6.12. The van der Waals surface area contributed by atoms with E-state index in [0.29, 0.717) is 42.6 Å². The molecule has 1 heterocycles. The van der Waals surface area contributed by atoms with E-state index in [4.69, 9.17) is 5.73 Å². The number of hydrogen-bond acceptors (Lipinski definition) is 3. The zero-order valence-corrected chi connectivity index (χ0v) is 17.3. The van der Waals surface area contributed by atoms with Crippen LogP contribution < -0.4 is 11.1 Å². The maximum Gasteiger partial charge on any atom is 0.272 e. The maximum absolute atomic E-state index is 13.8. The Kier molecular flexibility index (Phi) is 6.84. The summed E-state index contributed by atoms with van der Waals surface area (Å²) in [4.78, 5) is 30.0. The van der Waals surface area contributed by atoms with Gasteiger partial charge >= 0.3 is 0 Å². The topological polar surface area (TPSA) is 91.2 Å². The number of nitrogens with one attached hydrogen (secondary N) is 2. The van der Waals surface area contributed by atoms with Crippen LogP contribution in [0.25, 0.3) is 10.9 Å². The van der Waals surface area contributed by atoms with Gasteiger partial charge in [0.15, 0.2) is 0 Å². The number of benzene rings is 2. The summed E-state index contributed by atoms with van der Waals surface area (Å²) in [6, 6.07) is 12.3. The van der Waals surface area contributed by atoms with Gasteiger partial charge in [0.2, 0.25) is 5.91 Å². The summed E-state index contributed by atoms with van der Waals surface area (Å²) in [6.45, 7) is 4.77. The highest BCUT2D eigenvalue weighted by atomic mass is 19.1. The van der Waals surface area contributed by atoms with Crippen molar-refractivity contribution in [2.75, 3.05) is 18.4 Å². The fraction of sp³-hybridized carbons (Fsp3) is 0.304. The van der Waals surface area contributed by atoms with Gasteiger partial charge in [-0.25, -0.2) is 4.39 Å². The summed E-state index contributed by atoms with van der Waals surface area (Å²) in [6.07, 6.45) is 1.55. The van der Waals surface area contributed by atoms with Gasteiger partial charge in [0, 0.05) is 30.9 Å². The molecule has 0 bridgehead atoms. The Morgan fingerprint density at radius 2 is 1.93 bits per heavy atom. The van der Waals surface area contributed by atoms with Gasteiger partial charge in [-0.15, -0.1) is 0 Å². The van der Waals surface area contributed by atoms with Gasteiger partial charge in [-0.3, -0.25) is 9.59 Å². The molecule has 0 unspecified atom stereocenters. The number of H-pyrrole nitrogens is 1. The minimum Gasteiger partial charge on any atom is -0.349 e. The van der Waals surface area contributed by atoms with E-state index in [1.54, 1.807) is 11.0 Å². The van der Waals surface area contributed by atoms with Crippen LogP contribution >= 0.6 is 0 Å². The average molecular weight is 410 g/mol. The fourth-order valence-corrected chi connectivity index (χ4v) is 3.49. The van der Waals surface area contributed by atoms with E-state index >= 15 is 0 Å². The van der Waals surface area contributed by atoms with Crippen molar-refractivity contribution >= 4 is 28.4 Å². The molecular weight excluding hydrogens is 383 g/mol. The van der Waals surface area contributed by atoms with Crippen LogP contribution in [-0.2, 0) is 17.8 Å². The molecule has 3 rings (SSSR count). The second kappa shape index (κ2) is 9.54. The molecule has 30 heavy (non-hydrogen) atoms. The number of carbonyl (C=O) groups is 2. The van der Waals surface area contributed by atoms with Crippen molar-refractivity contribution in [1.29, 1.82) is 0 Å². The fourth-order valence-electron chi connectivity index (χ4n) is 3.49. The predicted octanol–water partition coefficient (Wildman–Crippen LogP) is 3.82. The van der Waals surface area contributed by atoms with Crippen LogP contribution in [0.5, 0.6) is 0 Å². The lowest BCUT2D eigenvalue weighted by Crippen LogP contribution is -2.33. The Bertz CT molecular complexity index is 1060. The van der Waals surface area contributed by atoms with E-state index < -0.39 is 5.82 Å². The summed E-state index contributed by atoms with van der Waals surface area (Å²) < 4.78 is 13.8. The van der Waals surface area contributed by atoms with Gasteiger partial charge in [0.05, 0.1) is 5.69 Å². The molecule has 0 atom stereocenters. The number of amides is 2. The molecule has 0 aliphatic carbocycles. The van der Waals surface area contributed by atoms with Crippen LogP contribution in [-0.4, -0.2) is 34.8 Å². The third-order valence-corrected chi connectivity index (χ3v) is 4.97. The number of nitrogens with two attached hydrogens (primary N) is 1. The molecule has 4 N–H and O–H groups in total. The second-order valence-corrected chi connectivity index (χ2v) is 7.29. The van der Waals surface area contributed by atoms with Crippen LogP contribution in [0, 0.1) is 5.82 Å². The lowest BCUT2D eigenvalue weighted by Gasteiger charge is -2.23. The van der Waals surface area contributed by atoms with E-state index in [-0.39, 0.29) is 17.5 Å². The Morgan fingerprint density at radius 3 is 2.63 bits per heavy atom. The quantitative estimate of drug-likeness (QED) is 0.527. The van der Waals surface area contributed by atoms with Gasteiger partial charge in [-0.1, -0.05) is 31.2 Å². The Labute approximate surface area is 175 Å². The minimum atomic E-state index is -0.441. The van der Waals surface area contributed by atoms with Gasteiger partial charge < -0.3 is 20.9 Å². The predicted molar refractivity (Wildman–Crippen MR) is 117 cm³/mol. The molecule has 0 spiro atoms. The van der Waals surface area contributed by atoms with Crippen LogP contribution in [0.3, 0.4) is 0 Å². The van der Waals surface area contributed by atoms with Crippen molar-refractivity contribution in [2.45, 2.75) is 33.2 Å². The largest absolute Gasteiger partial charge is 0.349 e. The van der Waals surface area contributed by atoms with Crippen molar-refractivity contribution in [2.24, 2.45) is 5.73 Å². The van der Waals surface area contributed by atoms with Crippen LogP contribution in [0.15, 0.2) is 42.5 Å². The number of carbonyl (C=O) groups excluding carboxylic acids is 2. The molecule has 0 aliphatic rings. The van der Waals surface area contributed by atoms with E-state index in [1.807, 2.05) is 12.1 Å². The average Bonchev–Trinajstić information content (AvgIpc) is 3.07. The Morgan fingerprint density at radius 1 is 1.17 bits per heavy atom. The summed E-state index contributed by atoms with van der Waals surface area (Å²) in [5, 5.41) is 3.15. The molecule has 0 saturated heterocycles. The highest BCUT2D eigenvalue weighted by Crippen LogP contribution is 2.30. The van der Waals surface area contributed by atoms with Gasteiger partial charge in [0.1, 0.15) is 11.5 Å². The first kappa shape index (κ1) is 21.5. The first-order valence-electron chi connectivity index (χ1n) is 10.1. The molecule has 7 heteroatoms. The lowest BCUT2D eigenvalue weighted by atomic mass is 10.1. The number of aromatic nitrogens is 1. The SMILES string of the molecule is CCc1cccc(CN(CCCN)C(=O)c2[nH]c3ccc(F)cc3c2NC(C)=O)c1. The number of hydrogen-bond donors (Lipinski definition) is 3. The maximum atomic E-state index is 13.8. The second-order valence-electron chi connectivity index (χ2n) is 7.29. The van der Waals surface area contributed by atoms with E-state index in [9.17, 15) is 14.0 Å². The summed E-state index contributed by atoms with van der Waals surface area (Å²) in [7, 11) is 0. The molecule has 0 saturated carbocycles. The van der Waals surface area contributed by atoms with Crippen molar-refractivity contribution < 1.29 is 14.0 Å². The van der Waals surface area contributed by atoms with Crippen molar-refractivity contribution in [3.8, 4) is 0 Å². The number of rotatable bonds is 8. The van der Waals surface area contributed by atoms with Gasteiger partial charge in [-0.2, -0.15) is 0 Å². The van der Waals surface area contributed by atoms with Gasteiger partial charge in [-0.05, 0) is 48.7 Å². The summed E-state index contributed by atoms with van der Waals surface area (Å²) in [5.74, 6) is -1.05. The molecule has 6 nitrogen and oxygen atoms in total. The molecule has 0 radical (unpaired) electrons. The van der Waals surface area contributed by atoms with E-state index in [0.717, 1.165) is 12.0 Å². The smallest absolute Gasteiger partial charge is 0.272 e. The monoisotopic (exact) mass is 410 g/mol. The number of fused-ring (bicyclic) bond motifs is 1. The third kappa shape index (κ3) is 4.86. The molecule has 3 aromatic rings. The highest BCUT2D eigenvalue weighted by Gasteiger charge is 2.24. The molecule has 158 valence electrons. The number of aryl methyl sites for hydroxylation is 1. The standard InChI is InChI=1S/C23H27FN4O2/c1-3-16-6-4-7-17(12-16)14-28(11-5-10-25)23(30)22-21(26-15(2)29)19-13-18(24)8-9-20(19)27-22/h4,6-9,12-13,27H,3,5,10-11,14,25H2,1-2H3,(H,26,29). The first-order valence-corrected chi connectivity index (χ1v) is 10.1. The third-order valence-electron chi connectivity index (χ3n) is 4.97. The Balaban J connectivity index is 2.00. The summed E-state index contributed by atoms with van der Waals surface area (Å²) >= 11 is 0. The Hall–Kier alpha value is -3.19. The number of anilines is 1. The number of aromatic amines is 1. The molecule has 2 aromatic carbocycles. The number of halogens is 1. The molecule has 2 amide bonds. The van der Waals surface area contributed by atoms with Crippen LogP contribution in [0.4, 0.5) is 10.1 Å². The molecule has 0 aliphatic heterocycles. The number of nitrogens with zero attached hydrogens (tertiary/aromatic N) is 1. The first-order chi connectivity index (χ1) is 14.4. The van der Waals surface area contributed by atoms with Crippen molar-refractivity contribution in [3.63, 3.8) is 0 Å². The van der Waals surface area contributed by atoms with Crippen LogP contribution in [0.2, 0.25) is 0 Å².